The van der Waals surface area contributed by atoms with Gasteiger partial charge in [0.1, 0.15) is 18.5 Å². The van der Waals surface area contributed by atoms with E-state index in [0.29, 0.717) is 30.9 Å². The lowest BCUT2D eigenvalue weighted by Gasteiger charge is -2.23. The number of thioether (sulfide) groups is 1. The van der Waals surface area contributed by atoms with Crippen LogP contribution in [0.2, 0.25) is 0 Å². The van der Waals surface area contributed by atoms with Crippen molar-refractivity contribution in [3.05, 3.63) is 65.2 Å². The number of benzene rings is 2. The third-order valence-electron chi connectivity index (χ3n) is 4.80. The number of imide groups is 1. The van der Waals surface area contributed by atoms with E-state index in [1.807, 2.05) is 0 Å². The van der Waals surface area contributed by atoms with E-state index in [0.717, 1.165) is 29.5 Å². The molecule has 1 heterocycles. The summed E-state index contributed by atoms with van der Waals surface area (Å²) in [5, 5.41) is 1.43. The van der Waals surface area contributed by atoms with Crippen molar-refractivity contribution in [2.45, 2.75) is 37.8 Å². The zero-order valence-corrected chi connectivity index (χ0v) is 20.8. The predicted octanol–water partition coefficient (Wildman–Crippen LogP) is 6.04. The van der Waals surface area contributed by atoms with Crippen molar-refractivity contribution in [2.75, 3.05) is 19.8 Å². The first-order valence-corrected chi connectivity index (χ1v) is 12.8. The van der Waals surface area contributed by atoms with Crippen LogP contribution in [0.4, 0.5) is 18.0 Å². The molecule has 0 bridgehead atoms. The van der Waals surface area contributed by atoms with Crippen molar-refractivity contribution in [3.8, 4) is 5.75 Å². The second-order valence-electron chi connectivity index (χ2n) is 7.32. The first kappa shape index (κ1) is 27.4. The van der Waals surface area contributed by atoms with E-state index in [-0.39, 0.29) is 17.8 Å². The van der Waals surface area contributed by atoms with Gasteiger partial charge in [0.05, 0.1) is 24.0 Å². The third kappa shape index (κ3) is 8.18. The molecular formula is C23H25F3NO6PS. The van der Waals surface area contributed by atoms with E-state index in [1.165, 1.54) is 12.1 Å². The van der Waals surface area contributed by atoms with Gasteiger partial charge < -0.3 is 18.3 Å². The van der Waals surface area contributed by atoms with Crippen LogP contribution in [0.25, 0.3) is 0 Å². The van der Waals surface area contributed by atoms with Crippen LogP contribution < -0.4 is 10.1 Å². The summed E-state index contributed by atoms with van der Waals surface area (Å²) >= 11 is 0.961. The van der Waals surface area contributed by atoms with Gasteiger partial charge in [-0.15, -0.1) is 0 Å². The number of nitrogens with one attached hydrogen (secondary N) is 1. The van der Waals surface area contributed by atoms with E-state index >= 15 is 0 Å². The molecule has 1 aliphatic heterocycles. The maximum absolute atomic E-state index is 13.0. The first-order chi connectivity index (χ1) is 16.7. The summed E-state index contributed by atoms with van der Waals surface area (Å²) in [6.45, 7) is 4.26. The normalized spacial score (nSPS) is 17.0. The Morgan fingerprint density at radius 1 is 1.00 bits per heavy atom. The maximum atomic E-state index is 13.0. The van der Waals surface area contributed by atoms with E-state index in [9.17, 15) is 22.8 Å². The Morgan fingerprint density at radius 3 is 2.14 bits per heavy atom. The Bertz CT molecular complexity index is 984. The van der Waals surface area contributed by atoms with Crippen LogP contribution in [0.15, 0.2) is 48.5 Å². The summed E-state index contributed by atoms with van der Waals surface area (Å²) in [5.74, 6) is 0.197. The Morgan fingerprint density at radius 2 is 1.63 bits per heavy atom. The molecule has 3 rings (SSSR count). The van der Waals surface area contributed by atoms with Crippen molar-refractivity contribution < 1.29 is 41.1 Å². The molecule has 0 aliphatic carbocycles. The second kappa shape index (κ2) is 12.7. The molecule has 2 aromatic rings. The van der Waals surface area contributed by atoms with Crippen LogP contribution in [0.1, 0.15) is 36.6 Å². The van der Waals surface area contributed by atoms with Crippen molar-refractivity contribution in [1.29, 1.82) is 0 Å². The van der Waals surface area contributed by atoms with Gasteiger partial charge in [-0.05, 0) is 55.7 Å². The van der Waals surface area contributed by atoms with E-state index in [2.05, 4.69) is 5.32 Å². The lowest BCUT2D eigenvalue weighted by molar-refractivity contribution is -0.137. The number of amides is 2. The van der Waals surface area contributed by atoms with Gasteiger partial charge in [-0.2, -0.15) is 13.2 Å². The number of carbonyl (C=O) groups is 2. The fraction of sp³-hybridized carbons (Fsp3) is 0.391. The number of alkyl halides is 3. The van der Waals surface area contributed by atoms with Crippen LogP contribution in [-0.4, -0.2) is 36.2 Å². The number of hydrogen-bond acceptors (Lipinski definition) is 7. The van der Waals surface area contributed by atoms with Gasteiger partial charge in [-0.1, -0.05) is 36.0 Å². The second-order valence-corrected chi connectivity index (χ2v) is 9.67. The Labute approximate surface area is 206 Å². The fourth-order valence-corrected chi connectivity index (χ4v) is 4.99. The van der Waals surface area contributed by atoms with E-state index in [1.54, 1.807) is 38.1 Å². The quantitative estimate of drug-likeness (QED) is 0.335. The molecule has 0 saturated carbocycles. The molecule has 35 heavy (non-hydrogen) atoms. The zero-order valence-electron chi connectivity index (χ0n) is 19.0. The van der Waals surface area contributed by atoms with Crippen LogP contribution in [0.3, 0.4) is 0 Å². The number of hydrogen-bond donors (Lipinski definition) is 1. The average molecular weight is 531 g/mol. The Kier molecular flexibility index (Phi) is 9.94. The molecule has 2 atom stereocenters. The summed E-state index contributed by atoms with van der Waals surface area (Å²) in [7, 11) is -1.73. The molecule has 1 saturated heterocycles. The Balaban J connectivity index is 1.68. The van der Waals surface area contributed by atoms with Gasteiger partial charge in [0.15, 0.2) is 0 Å². The van der Waals surface area contributed by atoms with Gasteiger partial charge in [0.2, 0.25) is 5.91 Å². The number of rotatable bonds is 12. The molecule has 0 aromatic heterocycles. The molecule has 0 radical (unpaired) electrons. The zero-order chi connectivity index (χ0) is 25.4. The number of halogens is 3. The third-order valence-corrected chi connectivity index (χ3v) is 7.15. The summed E-state index contributed by atoms with van der Waals surface area (Å²) in [4.78, 5) is 23.1. The van der Waals surface area contributed by atoms with Gasteiger partial charge in [-0.25, -0.2) is 0 Å². The minimum Gasteiger partial charge on any atom is -0.491 e. The molecule has 2 aromatic carbocycles. The van der Waals surface area contributed by atoms with Crippen molar-refractivity contribution >= 4 is 31.5 Å². The summed E-state index contributed by atoms with van der Waals surface area (Å²) in [6, 6.07) is 11.7. The highest BCUT2D eigenvalue weighted by molar-refractivity contribution is 8.15. The molecule has 1 N–H and O–H groups in total. The SMILES string of the molecule is CCOP(OCC)OC(COc1ccc(CC2SC(=O)NC2=O)cc1)c1ccc(C(F)(F)F)cc1. The van der Waals surface area contributed by atoms with Crippen molar-refractivity contribution in [1.82, 2.24) is 5.32 Å². The standard InChI is InChI=1S/C23H25F3NO6PS/c1-3-31-34(32-4-2)33-19(16-7-9-17(10-8-16)23(24,25)26)14-30-18-11-5-15(6-12-18)13-20-21(28)27-22(29)35-20/h5-12,19-20H,3-4,13-14H2,1-2H3,(H,27,28,29). The van der Waals surface area contributed by atoms with E-state index < -0.39 is 31.7 Å². The lowest BCUT2D eigenvalue weighted by atomic mass is 10.1. The van der Waals surface area contributed by atoms with Crippen LogP contribution >= 0.6 is 20.4 Å². The fourth-order valence-electron chi connectivity index (χ4n) is 3.12. The highest BCUT2D eigenvalue weighted by atomic mass is 32.2. The summed E-state index contributed by atoms with van der Waals surface area (Å²) in [6.07, 6.45) is -4.79. The van der Waals surface area contributed by atoms with Gasteiger partial charge in [-0.3, -0.25) is 14.9 Å². The largest absolute Gasteiger partial charge is 0.491 e. The molecule has 1 fully saturated rings. The molecule has 12 heteroatoms. The van der Waals surface area contributed by atoms with Crippen LogP contribution in [0.5, 0.6) is 5.75 Å². The van der Waals surface area contributed by atoms with Gasteiger partial charge in [0, 0.05) is 0 Å². The summed E-state index contributed by atoms with van der Waals surface area (Å²) < 4.78 is 61.7. The van der Waals surface area contributed by atoms with Crippen LogP contribution in [-0.2, 0) is 31.0 Å². The Hall–Kier alpha value is -2.17. The molecule has 2 unspecified atom stereocenters. The first-order valence-electron chi connectivity index (χ1n) is 10.8. The molecule has 1 aliphatic rings. The molecule has 0 spiro atoms. The smallest absolute Gasteiger partial charge is 0.416 e. The topological polar surface area (TPSA) is 83.1 Å². The van der Waals surface area contributed by atoms with Crippen molar-refractivity contribution in [2.24, 2.45) is 0 Å². The molecule has 190 valence electrons. The predicted molar refractivity (Wildman–Crippen MR) is 126 cm³/mol. The van der Waals surface area contributed by atoms with E-state index in [4.69, 9.17) is 18.3 Å². The monoisotopic (exact) mass is 531 g/mol. The molecular weight excluding hydrogens is 506 g/mol. The highest BCUT2D eigenvalue weighted by Crippen LogP contribution is 2.45. The minimum absolute atomic E-state index is 0.000915. The maximum Gasteiger partial charge on any atom is 0.416 e. The molecule has 7 nitrogen and oxygen atoms in total. The number of ether oxygens (including phenoxy) is 1. The highest BCUT2D eigenvalue weighted by Gasteiger charge is 2.32. The summed E-state index contributed by atoms with van der Waals surface area (Å²) in [5.41, 5.74) is 0.575. The average Bonchev–Trinajstić information content (AvgIpc) is 3.13. The molecule has 2 amide bonds. The van der Waals surface area contributed by atoms with Crippen molar-refractivity contribution in [3.63, 3.8) is 0 Å². The minimum atomic E-state index is -4.44. The lowest BCUT2D eigenvalue weighted by Crippen LogP contribution is -2.25. The number of carbonyl (C=O) groups excluding carboxylic acids is 2. The van der Waals surface area contributed by atoms with Gasteiger partial charge in [0.25, 0.3) is 5.24 Å². The van der Waals surface area contributed by atoms with Crippen LogP contribution in [0, 0.1) is 0 Å². The van der Waals surface area contributed by atoms with Gasteiger partial charge >= 0.3 is 14.8 Å².